The van der Waals surface area contributed by atoms with E-state index >= 15 is 0 Å². The van der Waals surface area contributed by atoms with Crippen LogP contribution in [-0.4, -0.2) is 37.9 Å². The van der Waals surface area contributed by atoms with Crippen LogP contribution in [0.3, 0.4) is 0 Å². The van der Waals surface area contributed by atoms with Crippen molar-refractivity contribution in [1.82, 2.24) is 25.3 Å². The first-order valence-electron chi connectivity index (χ1n) is 8.09. The summed E-state index contributed by atoms with van der Waals surface area (Å²) in [4.78, 5) is 27.9. The van der Waals surface area contributed by atoms with Crippen LogP contribution in [-0.2, 0) is 0 Å². The van der Waals surface area contributed by atoms with E-state index in [4.69, 9.17) is 11.6 Å². The number of amides is 1. The molecule has 4 rings (SSSR count). The second-order valence-electron chi connectivity index (χ2n) is 6.23. The molecule has 3 aromatic rings. The molecule has 0 bridgehead atoms. The van der Waals surface area contributed by atoms with E-state index in [0.29, 0.717) is 10.8 Å². The van der Waals surface area contributed by atoms with Gasteiger partial charge in [0.05, 0.1) is 11.0 Å². The van der Waals surface area contributed by atoms with Gasteiger partial charge in [-0.1, -0.05) is 11.6 Å². The Bertz CT molecular complexity index is 934. The fraction of sp³-hybridized carbons (Fsp3) is 0.294. The molecule has 7 nitrogen and oxygen atoms in total. The largest absolute Gasteiger partial charge is 0.367 e. The molecule has 0 spiro atoms. The fourth-order valence-electron chi connectivity index (χ4n) is 2.94. The number of halogens is 1. The fourth-order valence-corrected chi connectivity index (χ4v) is 3.07. The van der Waals surface area contributed by atoms with Crippen molar-refractivity contribution < 1.29 is 4.79 Å². The first-order chi connectivity index (χ1) is 12.1. The third-order valence-electron chi connectivity index (χ3n) is 4.47. The molecule has 1 saturated carbocycles. The Morgan fingerprint density at radius 3 is 2.92 bits per heavy atom. The number of rotatable bonds is 4. The first kappa shape index (κ1) is 15.8. The zero-order valence-corrected chi connectivity index (χ0v) is 14.3. The van der Waals surface area contributed by atoms with Gasteiger partial charge in [-0.25, -0.2) is 15.0 Å². The lowest BCUT2D eigenvalue weighted by Gasteiger charge is -2.36. The third-order valence-corrected chi connectivity index (χ3v) is 4.86. The normalized spacial score (nSPS) is 19.4. The zero-order chi connectivity index (χ0) is 17.4. The van der Waals surface area contributed by atoms with Gasteiger partial charge in [0.2, 0.25) is 0 Å². The minimum atomic E-state index is -0.146. The Morgan fingerprint density at radius 2 is 2.08 bits per heavy atom. The van der Waals surface area contributed by atoms with Crippen molar-refractivity contribution in [2.24, 2.45) is 0 Å². The van der Waals surface area contributed by atoms with Crippen LogP contribution < -0.4 is 10.6 Å². The number of nitrogens with one attached hydrogen (secondary N) is 3. The van der Waals surface area contributed by atoms with Crippen LogP contribution >= 0.6 is 11.6 Å². The number of carbonyl (C=O) groups excluding carboxylic acids is 1. The van der Waals surface area contributed by atoms with Crippen LogP contribution in [0.25, 0.3) is 11.0 Å². The number of hydrogen-bond acceptors (Lipinski definition) is 5. The van der Waals surface area contributed by atoms with Crippen LogP contribution in [0.4, 0.5) is 5.82 Å². The van der Waals surface area contributed by atoms with Gasteiger partial charge in [-0.2, -0.15) is 0 Å². The van der Waals surface area contributed by atoms with Gasteiger partial charge >= 0.3 is 0 Å². The van der Waals surface area contributed by atoms with Gasteiger partial charge in [-0.3, -0.25) is 4.79 Å². The highest BCUT2D eigenvalue weighted by molar-refractivity contribution is 6.30. The number of fused-ring (bicyclic) bond motifs is 1. The molecule has 3 N–H and O–H groups in total. The van der Waals surface area contributed by atoms with Crippen LogP contribution in [0.15, 0.2) is 30.7 Å². The van der Waals surface area contributed by atoms with E-state index < -0.39 is 0 Å². The summed E-state index contributed by atoms with van der Waals surface area (Å²) >= 11 is 6.00. The van der Waals surface area contributed by atoms with Crippen molar-refractivity contribution in [3.63, 3.8) is 0 Å². The number of hydrogen-bond donors (Lipinski definition) is 3. The first-order valence-corrected chi connectivity index (χ1v) is 8.46. The highest BCUT2D eigenvalue weighted by Crippen LogP contribution is 2.26. The minimum Gasteiger partial charge on any atom is -0.367 e. The number of pyridine rings is 1. The maximum absolute atomic E-state index is 12.3. The Labute approximate surface area is 149 Å². The standard InChI is InChI=1S/C17H17ClN6O/c1-9-15(18)20-8-21-16(9)22-10-6-11(7-10)23-17(25)14-3-2-12-13(24-14)4-5-19-12/h2-5,8,10-11,19H,6-7H2,1H3,(H,23,25)(H,20,21,22). The molecule has 8 heteroatoms. The van der Waals surface area contributed by atoms with Crippen molar-refractivity contribution in [2.75, 3.05) is 5.32 Å². The van der Waals surface area contributed by atoms with Crippen molar-refractivity contribution in [2.45, 2.75) is 31.8 Å². The molecule has 0 aliphatic heterocycles. The van der Waals surface area contributed by atoms with E-state index in [1.807, 2.05) is 25.3 Å². The topological polar surface area (TPSA) is 95.6 Å². The maximum atomic E-state index is 12.3. The van der Waals surface area contributed by atoms with Crippen LogP contribution in [0.1, 0.15) is 28.9 Å². The van der Waals surface area contributed by atoms with Gasteiger partial charge < -0.3 is 15.6 Å². The lowest BCUT2D eigenvalue weighted by atomic mass is 9.86. The quantitative estimate of drug-likeness (QED) is 0.625. The van der Waals surface area contributed by atoms with Gasteiger partial charge in [0.15, 0.2) is 0 Å². The Morgan fingerprint density at radius 1 is 1.24 bits per heavy atom. The molecule has 0 aromatic carbocycles. The van der Waals surface area contributed by atoms with Gasteiger partial charge in [0, 0.05) is 23.8 Å². The number of nitrogens with zero attached hydrogens (tertiary/aromatic N) is 3. The van der Waals surface area contributed by atoms with Gasteiger partial charge in [-0.05, 0) is 38.0 Å². The molecule has 128 valence electrons. The van der Waals surface area contributed by atoms with Crippen molar-refractivity contribution in [1.29, 1.82) is 0 Å². The predicted molar refractivity (Wildman–Crippen MR) is 95.8 cm³/mol. The average molecular weight is 357 g/mol. The number of aromatic nitrogens is 4. The molecule has 3 aromatic heterocycles. The molecule has 1 aliphatic carbocycles. The predicted octanol–water partition coefficient (Wildman–Crippen LogP) is 2.69. The average Bonchev–Trinajstić information content (AvgIpc) is 3.04. The third kappa shape index (κ3) is 3.15. The molecular weight excluding hydrogens is 340 g/mol. The summed E-state index contributed by atoms with van der Waals surface area (Å²) in [6.45, 7) is 1.88. The second kappa shape index (κ2) is 6.33. The number of aromatic amines is 1. The van der Waals surface area contributed by atoms with Crippen molar-refractivity contribution in [3.05, 3.63) is 47.1 Å². The second-order valence-corrected chi connectivity index (χ2v) is 6.59. The van der Waals surface area contributed by atoms with Gasteiger partial charge in [-0.15, -0.1) is 0 Å². The Balaban J connectivity index is 1.33. The molecule has 0 radical (unpaired) electrons. The number of carbonyl (C=O) groups is 1. The maximum Gasteiger partial charge on any atom is 0.270 e. The summed E-state index contributed by atoms with van der Waals surface area (Å²) in [5.41, 5.74) is 2.97. The summed E-state index contributed by atoms with van der Waals surface area (Å²) in [5.74, 6) is 0.599. The molecule has 1 amide bonds. The van der Waals surface area contributed by atoms with E-state index in [1.54, 1.807) is 6.07 Å². The van der Waals surface area contributed by atoms with E-state index in [1.165, 1.54) is 6.33 Å². The Kier molecular flexibility index (Phi) is 4.01. The van der Waals surface area contributed by atoms with E-state index in [2.05, 4.69) is 30.6 Å². The van der Waals surface area contributed by atoms with E-state index in [0.717, 1.165) is 35.3 Å². The summed E-state index contributed by atoms with van der Waals surface area (Å²) in [7, 11) is 0. The van der Waals surface area contributed by atoms with E-state index in [9.17, 15) is 4.79 Å². The summed E-state index contributed by atoms with van der Waals surface area (Å²) in [5, 5.41) is 6.82. The van der Waals surface area contributed by atoms with Crippen LogP contribution in [0.2, 0.25) is 5.15 Å². The molecule has 0 saturated heterocycles. The number of anilines is 1. The highest BCUT2D eigenvalue weighted by Gasteiger charge is 2.31. The molecule has 0 unspecified atom stereocenters. The molecule has 25 heavy (non-hydrogen) atoms. The van der Waals surface area contributed by atoms with Gasteiger partial charge in [0.25, 0.3) is 5.91 Å². The monoisotopic (exact) mass is 356 g/mol. The molecular formula is C17H17ClN6O. The van der Waals surface area contributed by atoms with Crippen molar-refractivity contribution in [3.8, 4) is 0 Å². The summed E-state index contributed by atoms with van der Waals surface area (Å²) in [6.07, 6.45) is 4.92. The smallest absolute Gasteiger partial charge is 0.270 e. The SMILES string of the molecule is Cc1c(Cl)ncnc1NC1CC(NC(=O)c2ccc3[nH]ccc3n2)C1. The molecule has 0 atom stereocenters. The minimum absolute atomic E-state index is 0.131. The van der Waals surface area contributed by atoms with E-state index in [-0.39, 0.29) is 18.0 Å². The molecule has 1 fully saturated rings. The molecule has 3 heterocycles. The van der Waals surface area contributed by atoms with Crippen LogP contribution in [0.5, 0.6) is 0 Å². The summed E-state index contributed by atoms with van der Waals surface area (Å²) < 4.78 is 0. The molecule has 1 aliphatic rings. The van der Waals surface area contributed by atoms with Crippen LogP contribution in [0, 0.1) is 6.92 Å². The number of H-pyrrole nitrogens is 1. The lowest BCUT2D eigenvalue weighted by Crippen LogP contribution is -2.50. The van der Waals surface area contributed by atoms with Gasteiger partial charge in [0.1, 0.15) is 23.0 Å². The Hall–Kier alpha value is -2.67. The lowest BCUT2D eigenvalue weighted by molar-refractivity contribution is 0.0908. The zero-order valence-electron chi connectivity index (χ0n) is 13.6. The van der Waals surface area contributed by atoms with Crippen molar-refractivity contribution >= 4 is 34.4 Å². The summed E-state index contributed by atoms with van der Waals surface area (Å²) in [6, 6.07) is 5.84. The highest BCUT2D eigenvalue weighted by atomic mass is 35.5.